The van der Waals surface area contributed by atoms with E-state index in [1.165, 1.54) is 0 Å². The molecule has 0 aliphatic heterocycles. The van der Waals surface area contributed by atoms with Crippen molar-refractivity contribution in [2.45, 2.75) is 12.6 Å². The van der Waals surface area contributed by atoms with Crippen LogP contribution in [-0.2, 0) is 11.3 Å². The molecule has 0 aromatic heterocycles. The molecule has 1 aromatic carbocycles. The lowest BCUT2D eigenvalue weighted by Crippen LogP contribution is -2.40. The molecule has 17 heavy (non-hydrogen) atoms. The lowest BCUT2D eigenvalue weighted by atomic mass is 10.2. The Hall–Kier alpha value is -1.30. The third-order valence-corrected chi connectivity index (χ3v) is 2.61. The highest BCUT2D eigenvalue weighted by molar-refractivity contribution is 6.31. The number of benzene rings is 1. The van der Waals surface area contributed by atoms with E-state index in [9.17, 15) is 4.79 Å². The van der Waals surface area contributed by atoms with Crippen LogP contribution in [0.15, 0.2) is 18.2 Å². The maximum absolute atomic E-state index is 10.5. The molecule has 0 amide bonds. The first-order chi connectivity index (χ1) is 8.04. The Morgan fingerprint density at radius 1 is 1.65 bits per heavy atom. The van der Waals surface area contributed by atoms with Gasteiger partial charge in [0.15, 0.2) is 0 Å². The minimum atomic E-state index is -1.03. The van der Waals surface area contributed by atoms with E-state index in [0.29, 0.717) is 17.3 Å². The summed E-state index contributed by atoms with van der Waals surface area (Å²) >= 11 is 6.02. The molecule has 1 unspecified atom stereocenters. The van der Waals surface area contributed by atoms with E-state index < -0.39 is 12.0 Å². The molecule has 0 bridgehead atoms. The Labute approximate surface area is 105 Å². The van der Waals surface area contributed by atoms with Gasteiger partial charge in [-0.05, 0) is 17.7 Å². The smallest absolute Gasteiger partial charge is 0.321 e. The number of halogens is 1. The maximum Gasteiger partial charge on any atom is 0.321 e. The van der Waals surface area contributed by atoms with E-state index in [0.717, 1.165) is 5.56 Å². The van der Waals surface area contributed by atoms with Gasteiger partial charge in [0.05, 0.1) is 7.11 Å². The van der Waals surface area contributed by atoms with Crippen LogP contribution in [0, 0.1) is 0 Å². The second kappa shape index (κ2) is 6.44. The molecule has 0 aliphatic carbocycles. The highest BCUT2D eigenvalue weighted by atomic mass is 35.5. The van der Waals surface area contributed by atoms with E-state index in [1.54, 1.807) is 19.2 Å². The number of carboxylic acids is 1. The van der Waals surface area contributed by atoms with Crippen LogP contribution in [0.4, 0.5) is 0 Å². The fourth-order valence-electron chi connectivity index (χ4n) is 1.25. The zero-order valence-electron chi connectivity index (χ0n) is 9.44. The van der Waals surface area contributed by atoms with E-state index in [-0.39, 0.29) is 6.54 Å². The van der Waals surface area contributed by atoms with Crippen molar-refractivity contribution >= 4 is 17.6 Å². The summed E-state index contributed by atoms with van der Waals surface area (Å²) < 4.78 is 5.02. The third kappa shape index (κ3) is 4.22. The minimum Gasteiger partial charge on any atom is -0.497 e. The Balaban J connectivity index is 2.49. The fraction of sp³-hybridized carbons (Fsp3) is 0.364. The van der Waals surface area contributed by atoms with Crippen molar-refractivity contribution in [2.24, 2.45) is 5.73 Å². The first-order valence-electron chi connectivity index (χ1n) is 5.06. The van der Waals surface area contributed by atoms with Crippen LogP contribution in [0.1, 0.15) is 5.56 Å². The summed E-state index contributed by atoms with van der Waals surface area (Å²) in [5, 5.41) is 12.1. The summed E-state index contributed by atoms with van der Waals surface area (Å²) in [6, 6.07) is 4.41. The predicted molar refractivity (Wildman–Crippen MR) is 65.3 cm³/mol. The van der Waals surface area contributed by atoms with Gasteiger partial charge < -0.3 is 20.9 Å². The van der Waals surface area contributed by atoms with Crippen LogP contribution in [0.3, 0.4) is 0 Å². The van der Waals surface area contributed by atoms with Crippen molar-refractivity contribution in [3.05, 3.63) is 28.8 Å². The number of nitrogens with two attached hydrogens (primary N) is 1. The summed E-state index contributed by atoms with van der Waals surface area (Å²) in [6.07, 6.45) is 0. The Kier molecular flexibility index (Phi) is 5.21. The molecule has 94 valence electrons. The van der Waals surface area contributed by atoms with E-state index in [4.69, 9.17) is 27.2 Å². The van der Waals surface area contributed by atoms with Crippen molar-refractivity contribution in [1.82, 2.24) is 5.32 Å². The van der Waals surface area contributed by atoms with Crippen LogP contribution in [0.5, 0.6) is 5.75 Å². The molecule has 6 heteroatoms. The maximum atomic E-state index is 10.5. The summed E-state index contributed by atoms with van der Waals surface area (Å²) in [4.78, 5) is 10.5. The van der Waals surface area contributed by atoms with Crippen LogP contribution in [0.2, 0.25) is 5.02 Å². The molecule has 0 spiro atoms. The number of ether oxygens (including phenoxy) is 1. The van der Waals surface area contributed by atoms with Gasteiger partial charge in [-0.15, -0.1) is 0 Å². The topological polar surface area (TPSA) is 84.6 Å². The van der Waals surface area contributed by atoms with Crippen LogP contribution in [-0.4, -0.2) is 30.8 Å². The molecule has 1 atom stereocenters. The van der Waals surface area contributed by atoms with Gasteiger partial charge in [0, 0.05) is 18.1 Å². The Morgan fingerprint density at radius 2 is 2.35 bits per heavy atom. The second-order valence-corrected chi connectivity index (χ2v) is 3.94. The third-order valence-electron chi connectivity index (χ3n) is 2.26. The number of nitrogens with one attached hydrogen (secondary N) is 1. The van der Waals surface area contributed by atoms with Gasteiger partial charge >= 0.3 is 5.97 Å². The molecule has 0 aliphatic rings. The van der Waals surface area contributed by atoms with E-state index in [2.05, 4.69) is 5.32 Å². The first-order valence-corrected chi connectivity index (χ1v) is 5.44. The summed E-state index contributed by atoms with van der Waals surface area (Å²) in [6.45, 7) is 0.654. The van der Waals surface area contributed by atoms with Crippen molar-refractivity contribution in [2.75, 3.05) is 13.7 Å². The summed E-state index contributed by atoms with van der Waals surface area (Å²) in [5.41, 5.74) is 6.22. The average Bonchev–Trinajstić information content (AvgIpc) is 2.30. The number of hydrogen-bond acceptors (Lipinski definition) is 4. The summed E-state index contributed by atoms with van der Waals surface area (Å²) in [5.74, 6) is -0.348. The van der Waals surface area contributed by atoms with Crippen LogP contribution < -0.4 is 15.8 Å². The molecule has 0 saturated carbocycles. The number of aliphatic carboxylic acids is 1. The molecule has 5 nitrogen and oxygen atoms in total. The number of rotatable bonds is 6. The standard InChI is InChI=1S/C11H15ClN2O3/c1-17-8-3-2-7(9(12)4-8)5-14-6-10(13)11(15)16/h2-4,10,14H,5-6,13H2,1H3,(H,15,16). The first kappa shape index (κ1) is 13.8. The molecule has 0 heterocycles. The number of methoxy groups -OCH3 is 1. The second-order valence-electron chi connectivity index (χ2n) is 3.53. The molecule has 0 fully saturated rings. The molecular formula is C11H15ClN2O3. The lowest BCUT2D eigenvalue weighted by Gasteiger charge is -2.10. The Morgan fingerprint density at radius 3 is 2.88 bits per heavy atom. The average molecular weight is 259 g/mol. The Bertz CT molecular complexity index is 398. The molecule has 0 radical (unpaired) electrons. The highest BCUT2D eigenvalue weighted by Crippen LogP contribution is 2.21. The van der Waals surface area contributed by atoms with Crippen LogP contribution in [0.25, 0.3) is 0 Å². The number of hydrogen-bond donors (Lipinski definition) is 3. The van der Waals surface area contributed by atoms with Gasteiger partial charge in [0.25, 0.3) is 0 Å². The monoisotopic (exact) mass is 258 g/mol. The zero-order valence-corrected chi connectivity index (χ0v) is 10.2. The lowest BCUT2D eigenvalue weighted by molar-refractivity contribution is -0.138. The largest absolute Gasteiger partial charge is 0.497 e. The molecular weight excluding hydrogens is 244 g/mol. The van der Waals surface area contributed by atoms with Gasteiger partial charge in [-0.3, -0.25) is 4.79 Å². The van der Waals surface area contributed by atoms with E-state index in [1.807, 2.05) is 6.07 Å². The number of carboxylic acid groups (broad SMARTS) is 1. The normalized spacial score (nSPS) is 12.2. The quantitative estimate of drug-likeness (QED) is 0.704. The summed E-state index contributed by atoms with van der Waals surface area (Å²) in [7, 11) is 1.56. The SMILES string of the molecule is COc1ccc(CNCC(N)C(=O)O)c(Cl)c1. The van der Waals surface area contributed by atoms with Gasteiger partial charge in [0.2, 0.25) is 0 Å². The van der Waals surface area contributed by atoms with E-state index >= 15 is 0 Å². The zero-order chi connectivity index (χ0) is 12.8. The predicted octanol–water partition coefficient (Wildman–Crippen LogP) is 0.850. The van der Waals surface area contributed by atoms with Crippen molar-refractivity contribution in [3.8, 4) is 5.75 Å². The molecule has 1 rings (SSSR count). The van der Waals surface area contributed by atoms with Crippen molar-refractivity contribution in [1.29, 1.82) is 0 Å². The number of carbonyl (C=O) groups is 1. The molecule has 0 saturated heterocycles. The van der Waals surface area contributed by atoms with Gasteiger partial charge in [0.1, 0.15) is 11.8 Å². The van der Waals surface area contributed by atoms with Gasteiger partial charge in [-0.1, -0.05) is 17.7 Å². The van der Waals surface area contributed by atoms with Crippen LogP contribution >= 0.6 is 11.6 Å². The molecule has 4 N–H and O–H groups in total. The van der Waals surface area contributed by atoms with Crippen molar-refractivity contribution < 1.29 is 14.6 Å². The van der Waals surface area contributed by atoms with Gasteiger partial charge in [-0.25, -0.2) is 0 Å². The molecule has 1 aromatic rings. The fourth-order valence-corrected chi connectivity index (χ4v) is 1.49. The highest BCUT2D eigenvalue weighted by Gasteiger charge is 2.10. The minimum absolute atomic E-state index is 0.192. The van der Waals surface area contributed by atoms with Gasteiger partial charge in [-0.2, -0.15) is 0 Å². The van der Waals surface area contributed by atoms with Crippen molar-refractivity contribution in [3.63, 3.8) is 0 Å².